The van der Waals surface area contributed by atoms with Crippen molar-refractivity contribution in [2.75, 3.05) is 26.4 Å². The number of nitrogens with one attached hydrogen (secondary N) is 1. The Morgan fingerprint density at radius 1 is 1.23 bits per heavy atom. The average Bonchev–Trinajstić information content (AvgIpc) is 3.39. The lowest BCUT2D eigenvalue weighted by Gasteiger charge is -2.29. The molecular weight excluding hydrogens is 378 g/mol. The first-order chi connectivity index (χ1) is 11.6. The summed E-state index contributed by atoms with van der Waals surface area (Å²) in [5.74, 6) is -0.991. The molecule has 1 fully saturated rings. The van der Waals surface area contributed by atoms with Gasteiger partial charge in [-0.15, -0.1) is 12.4 Å². The van der Waals surface area contributed by atoms with Gasteiger partial charge >= 0.3 is 0 Å². The number of rotatable bonds is 7. The highest BCUT2D eigenvalue weighted by Gasteiger charge is 2.41. The van der Waals surface area contributed by atoms with Crippen LogP contribution >= 0.6 is 12.4 Å². The Morgan fingerprint density at radius 2 is 1.77 bits per heavy atom. The van der Waals surface area contributed by atoms with Crippen molar-refractivity contribution in [3.8, 4) is 0 Å². The van der Waals surface area contributed by atoms with E-state index >= 15 is 0 Å². The largest absolute Gasteiger partial charge is 0.348 e. The summed E-state index contributed by atoms with van der Waals surface area (Å²) >= 11 is 0. The van der Waals surface area contributed by atoms with Gasteiger partial charge < -0.3 is 16.0 Å². The molecule has 1 aliphatic carbocycles. The van der Waals surface area contributed by atoms with Gasteiger partial charge in [-0.25, -0.2) is 8.42 Å². The Labute approximate surface area is 160 Å². The summed E-state index contributed by atoms with van der Waals surface area (Å²) in [5, 5.41) is 2.95. The van der Waals surface area contributed by atoms with Crippen LogP contribution in [0.3, 0.4) is 0 Å². The van der Waals surface area contributed by atoms with Crippen LogP contribution in [0.1, 0.15) is 30.1 Å². The molecule has 1 aliphatic rings. The van der Waals surface area contributed by atoms with Crippen molar-refractivity contribution in [2.24, 2.45) is 11.7 Å². The van der Waals surface area contributed by atoms with Crippen molar-refractivity contribution in [3.05, 3.63) is 29.8 Å². The maximum absolute atomic E-state index is 12.4. The van der Waals surface area contributed by atoms with Crippen LogP contribution in [0.2, 0.25) is 0 Å². The number of hydrogen-bond donors (Lipinski definition) is 2. The molecule has 1 aromatic rings. The van der Waals surface area contributed by atoms with Gasteiger partial charge in [0.1, 0.15) is 5.75 Å². The summed E-state index contributed by atoms with van der Waals surface area (Å²) in [5.41, 5.74) is 5.71. The zero-order valence-corrected chi connectivity index (χ0v) is 16.8. The van der Waals surface area contributed by atoms with E-state index in [1.165, 1.54) is 43.3 Å². The van der Waals surface area contributed by atoms with Crippen molar-refractivity contribution < 1.29 is 18.0 Å². The molecule has 3 N–H and O–H groups in total. The molecule has 146 valence electrons. The van der Waals surface area contributed by atoms with Gasteiger partial charge in [0.05, 0.1) is 10.4 Å². The highest BCUT2D eigenvalue weighted by atomic mass is 35.5. The van der Waals surface area contributed by atoms with E-state index in [0.29, 0.717) is 18.0 Å². The fourth-order valence-electron chi connectivity index (χ4n) is 2.56. The third kappa shape index (κ3) is 5.18. The first-order valence-electron chi connectivity index (χ1n) is 8.14. The molecule has 2 amide bonds. The number of carbonyl (C=O) groups is 2. The lowest BCUT2D eigenvalue weighted by atomic mass is 9.95. The summed E-state index contributed by atoms with van der Waals surface area (Å²) in [7, 11) is -0.734. The van der Waals surface area contributed by atoms with Crippen LogP contribution in [-0.4, -0.2) is 57.1 Å². The molecule has 0 bridgehead atoms. The molecule has 0 spiro atoms. The van der Waals surface area contributed by atoms with Crippen LogP contribution < -0.4 is 11.1 Å². The summed E-state index contributed by atoms with van der Waals surface area (Å²) < 4.78 is 24.5. The third-order valence-electron chi connectivity index (χ3n) is 4.59. The van der Waals surface area contributed by atoms with Gasteiger partial charge in [0.2, 0.25) is 5.91 Å². The lowest BCUT2D eigenvalue weighted by molar-refractivity contribution is -0.125. The molecule has 26 heavy (non-hydrogen) atoms. The fourth-order valence-corrected chi connectivity index (χ4v) is 3.86. The summed E-state index contributed by atoms with van der Waals surface area (Å²) in [6, 6.07) is 5.60. The van der Waals surface area contributed by atoms with Crippen molar-refractivity contribution in [1.29, 1.82) is 0 Å². The molecule has 0 saturated heterocycles. The highest BCUT2D eigenvalue weighted by molar-refractivity contribution is 7.92. The number of amides is 2. The molecule has 9 heteroatoms. The van der Waals surface area contributed by atoms with E-state index in [4.69, 9.17) is 5.73 Å². The quantitative estimate of drug-likeness (QED) is 0.700. The number of sulfone groups is 1. The molecule has 0 radical (unpaired) electrons. The van der Waals surface area contributed by atoms with Crippen molar-refractivity contribution in [1.82, 2.24) is 10.2 Å². The maximum Gasteiger partial charge on any atom is 0.251 e. The molecule has 1 saturated carbocycles. The Bertz CT molecular complexity index is 761. The number of nitrogens with two attached hydrogens (primary N) is 1. The number of benzene rings is 1. The highest BCUT2D eigenvalue weighted by Crippen LogP contribution is 2.39. The van der Waals surface area contributed by atoms with Gasteiger partial charge in [-0.05, 0) is 49.9 Å². The van der Waals surface area contributed by atoms with Crippen molar-refractivity contribution in [2.45, 2.75) is 30.2 Å². The predicted molar refractivity (Wildman–Crippen MR) is 102 cm³/mol. The minimum atomic E-state index is -3.73. The van der Waals surface area contributed by atoms with Gasteiger partial charge in [0.15, 0.2) is 9.84 Å². The van der Waals surface area contributed by atoms with Gasteiger partial charge in [0.25, 0.3) is 5.91 Å². The summed E-state index contributed by atoms with van der Waals surface area (Å²) in [6.45, 7) is 2.27. The van der Waals surface area contributed by atoms with Gasteiger partial charge in [-0.2, -0.15) is 0 Å². The molecule has 1 aromatic carbocycles. The fraction of sp³-hybridized carbons (Fsp3) is 0.529. The summed E-state index contributed by atoms with van der Waals surface area (Å²) in [6.07, 6.45) is 2.09. The second-order valence-electron chi connectivity index (χ2n) is 6.92. The van der Waals surface area contributed by atoms with E-state index in [0.717, 1.165) is 12.8 Å². The standard InChI is InChI=1S/C17H25N3O4S.ClH/c1-17(11-18,13-6-7-13)19-16(22)12-4-8-14(9-5-12)25(23,24)10-15(21)20(2)3;/h4-5,8-9,13H,6-7,10-11,18H2,1-3H3,(H,19,22);1H. The third-order valence-corrected chi connectivity index (χ3v) is 6.21. The second-order valence-corrected chi connectivity index (χ2v) is 8.91. The molecule has 0 heterocycles. The van der Waals surface area contributed by atoms with Crippen LogP contribution in [0.15, 0.2) is 29.2 Å². The molecule has 7 nitrogen and oxygen atoms in total. The zero-order valence-electron chi connectivity index (χ0n) is 15.2. The van der Waals surface area contributed by atoms with E-state index < -0.39 is 27.0 Å². The van der Waals surface area contributed by atoms with Crippen LogP contribution in [-0.2, 0) is 14.6 Å². The number of carbonyl (C=O) groups excluding carboxylic acids is 2. The smallest absolute Gasteiger partial charge is 0.251 e. The van der Waals surface area contributed by atoms with Crippen LogP contribution in [0.4, 0.5) is 0 Å². The minimum absolute atomic E-state index is 0. The van der Waals surface area contributed by atoms with Gasteiger partial charge in [-0.3, -0.25) is 9.59 Å². The predicted octanol–water partition coefficient (Wildman–Crippen LogP) is 0.828. The van der Waals surface area contributed by atoms with Crippen LogP contribution in [0, 0.1) is 5.92 Å². The molecule has 1 unspecified atom stereocenters. The van der Waals surface area contributed by atoms with Crippen molar-refractivity contribution >= 4 is 34.1 Å². The number of nitrogens with zero attached hydrogens (tertiary/aromatic N) is 1. The van der Waals surface area contributed by atoms with Crippen LogP contribution in [0.5, 0.6) is 0 Å². The van der Waals surface area contributed by atoms with Crippen LogP contribution in [0.25, 0.3) is 0 Å². The summed E-state index contributed by atoms with van der Waals surface area (Å²) in [4.78, 5) is 25.3. The molecule has 0 aliphatic heterocycles. The molecular formula is C17H26ClN3O4S. The monoisotopic (exact) mass is 403 g/mol. The normalized spacial score (nSPS) is 16.2. The van der Waals surface area contributed by atoms with E-state index in [2.05, 4.69) is 5.32 Å². The van der Waals surface area contributed by atoms with E-state index in [1.54, 1.807) is 0 Å². The van der Waals surface area contributed by atoms with Gasteiger partial charge in [-0.1, -0.05) is 0 Å². The van der Waals surface area contributed by atoms with E-state index in [9.17, 15) is 18.0 Å². The number of halogens is 1. The lowest BCUT2D eigenvalue weighted by Crippen LogP contribution is -2.53. The molecule has 1 atom stereocenters. The van der Waals surface area contributed by atoms with E-state index in [-0.39, 0.29) is 23.2 Å². The molecule has 2 rings (SSSR count). The van der Waals surface area contributed by atoms with E-state index in [1.807, 2.05) is 6.92 Å². The Morgan fingerprint density at radius 3 is 2.19 bits per heavy atom. The first kappa shape index (κ1) is 22.4. The van der Waals surface area contributed by atoms with Crippen molar-refractivity contribution in [3.63, 3.8) is 0 Å². The minimum Gasteiger partial charge on any atom is -0.348 e. The SMILES string of the molecule is CN(C)C(=O)CS(=O)(=O)c1ccc(C(=O)NC(C)(CN)C2CC2)cc1.Cl. The Balaban J connectivity index is 0.00000338. The zero-order chi connectivity index (χ0) is 18.8. The molecule has 0 aromatic heterocycles. The topological polar surface area (TPSA) is 110 Å². The maximum atomic E-state index is 12.4. The number of hydrogen-bond acceptors (Lipinski definition) is 5. The Hall–Kier alpha value is -1.64. The average molecular weight is 404 g/mol. The van der Waals surface area contributed by atoms with Gasteiger partial charge in [0, 0.05) is 26.2 Å². The second kappa shape index (κ2) is 8.37. The first-order valence-corrected chi connectivity index (χ1v) is 9.80. The Kier molecular flexibility index (Phi) is 7.21.